The molecule has 1 aliphatic rings. The molecule has 0 unspecified atom stereocenters. The molecule has 31 heteroatoms. The van der Waals surface area contributed by atoms with Crippen LogP contribution < -0.4 is 0 Å². The minimum absolute atomic E-state index is 0.0971. The van der Waals surface area contributed by atoms with Crippen LogP contribution in [0.4, 0.5) is 114 Å². The average molecular weight is 982 g/mol. The molecule has 0 aliphatic carbocycles. The van der Waals surface area contributed by atoms with Crippen LogP contribution >= 0.6 is 0 Å². The van der Waals surface area contributed by atoms with Crippen LogP contribution in [0.15, 0.2) is 29.8 Å². The molecule has 0 radical (unpaired) electrons. The van der Waals surface area contributed by atoms with Gasteiger partial charge in [-0.3, -0.25) is 4.79 Å². The van der Waals surface area contributed by atoms with Gasteiger partial charge in [0.2, 0.25) is 0 Å². The Balaban J connectivity index is 2.62. The molecule has 0 spiro atoms. The lowest BCUT2D eigenvalue weighted by Gasteiger charge is -2.44. The Bertz CT molecular complexity index is 1740. The van der Waals surface area contributed by atoms with Crippen molar-refractivity contribution in [3.05, 3.63) is 41.0 Å². The second-order valence-corrected chi connectivity index (χ2v) is 13.8. The van der Waals surface area contributed by atoms with Crippen molar-refractivity contribution in [2.24, 2.45) is 5.41 Å². The molecule has 5 nitrogen and oxygen atoms in total. The maximum atomic E-state index is 14.7. The average Bonchev–Trinajstić information content (AvgIpc) is 3.14. The molecule has 1 heterocycles. The first kappa shape index (κ1) is 55.3. The second kappa shape index (κ2) is 16.9. The van der Waals surface area contributed by atoms with Crippen molar-refractivity contribution >= 4 is 17.8 Å². The summed E-state index contributed by atoms with van der Waals surface area (Å²) in [5.74, 6) is -82.9. The highest BCUT2D eigenvalue weighted by Gasteiger charge is 2.92. The van der Waals surface area contributed by atoms with Gasteiger partial charge in [-0.05, 0) is 24.5 Å². The van der Waals surface area contributed by atoms with Crippen LogP contribution in [0.25, 0.3) is 6.08 Å². The highest BCUT2D eigenvalue weighted by Crippen LogP contribution is 2.63. The number of alkyl halides is 26. The lowest BCUT2D eigenvalue weighted by atomic mass is 9.76. The van der Waals surface area contributed by atoms with Gasteiger partial charge < -0.3 is 14.6 Å². The number of carbonyl (C=O) groups is 2. The zero-order chi connectivity index (χ0) is 49.9. The van der Waals surface area contributed by atoms with Gasteiger partial charge in [0.1, 0.15) is 5.57 Å². The van der Waals surface area contributed by atoms with E-state index in [0.717, 1.165) is 30.3 Å². The Hall–Kier alpha value is -3.80. The molecule has 0 amide bonds. The molecule has 364 valence electrons. The topological polar surface area (TPSA) is 72.8 Å². The number of hydrogen-bond acceptors (Lipinski definition) is 4. The van der Waals surface area contributed by atoms with E-state index in [1.807, 2.05) is 0 Å². The number of carboxylic acids is 1. The number of ether oxygens (including phenoxy) is 2. The smallest absolute Gasteiger partial charge is 0.460 e. The molecule has 0 saturated carbocycles. The fraction of sp³-hybridized carbons (Fsp3) is 0.688. The number of hydrogen-bond donors (Lipinski definition) is 1. The van der Waals surface area contributed by atoms with Gasteiger partial charge in [0.05, 0.1) is 13.2 Å². The van der Waals surface area contributed by atoms with Crippen LogP contribution in [-0.4, -0.2) is 102 Å². The molecule has 1 aromatic carbocycles. The first-order valence-electron chi connectivity index (χ1n) is 16.5. The highest BCUT2D eigenvalue weighted by molar-refractivity contribution is 6.19. The molecular formula is C32H24F26O5. The van der Waals surface area contributed by atoms with Gasteiger partial charge in [-0.15, -0.1) is 0 Å². The van der Waals surface area contributed by atoms with Crippen LogP contribution in [0.1, 0.15) is 56.4 Å². The van der Waals surface area contributed by atoms with Crippen molar-refractivity contribution in [2.45, 2.75) is 117 Å². The minimum atomic E-state index is -8.44. The summed E-state index contributed by atoms with van der Waals surface area (Å²) in [5.41, 5.74) is -4.55. The van der Waals surface area contributed by atoms with E-state index >= 15 is 0 Å². The van der Waals surface area contributed by atoms with Crippen molar-refractivity contribution in [2.75, 3.05) is 13.2 Å². The standard InChI is InChI=1S/C32H24F26O5/c1-2-17(59)16(18(60)61)11-14-3-5-15(6-4-14)19-62-12-20(13-63-19,7-9-21(33,34)23(37,38)25(41,42)27(45,46)29(49,50)31(53,54)55)8-10-22(35,36)24(39,40)26(43,44)28(47,48)30(51,52)32(56,57)58/h3-6,11,19H,2,7-10,12-13H2,1H3,(H,60,61)/b16-11+. The van der Waals surface area contributed by atoms with E-state index < -0.39 is 140 Å². The maximum absolute atomic E-state index is 14.7. The Labute approximate surface area is 333 Å². The largest absolute Gasteiger partial charge is 0.478 e. The monoisotopic (exact) mass is 982 g/mol. The third kappa shape index (κ3) is 9.35. The molecule has 2 rings (SSSR count). The van der Waals surface area contributed by atoms with Gasteiger partial charge in [0.15, 0.2) is 12.1 Å². The molecular weight excluding hydrogens is 958 g/mol. The van der Waals surface area contributed by atoms with E-state index in [-0.39, 0.29) is 17.5 Å². The van der Waals surface area contributed by atoms with Gasteiger partial charge in [-0.25, -0.2) is 4.79 Å². The maximum Gasteiger partial charge on any atom is 0.460 e. The number of halogens is 26. The quantitative estimate of drug-likeness (QED) is 0.0647. The normalized spacial score (nSPS) is 17.9. The van der Waals surface area contributed by atoms with Gasteiger partial charge >= 0.3 is 77.5 Å². The number of ketones is 1. The zero-order valence-corrected chi connectivity index (χ0v) is 30.3. The van der Waals surface area contributed by atoms with E-state index in [0.29, 0.717) is 0 Å². The number of carboxylic acid groups (broad SMARTS) is 1. The Kier molecular flexibility index (Phi) is 14.8. The lowest BCUT2D eigenvalue weighted by molar-refractivity contribution is -0.441. The SMILES string of the molecule is CCC(=O)/C(=C\c1ccc(C2OCC(CCC(F)(F)C(F)(F)C(F)(F)C(F)(F)C(F)(F)C(F)(F)F)(CCC(F)(F)C(F)(F)C(F)(F)C(F)(F)C(F)(F)C(F)(F)F)CO2)cc1)C(=O)O. The molecule has 0 atom stereocenters. The molecule has 1 N–H and O–H groups in total. The fourth-order valence-electron chi connectivity index (χ4n) is 5.33. The van der Waals surface area contributed by atoms with Crippen LogP contribution in [0, 0.1) is 5.41 Å². The first-order chi connectivity index (χ1) is 27.7. The number of aliphatic carboxylic acids is 1. The van der Waals surface area contributed by atoms with Crippen LogP contribution in [0.5, 0.6) is 0 Å². The van der Waals surface area contributed by atoms with Gasteiger partial charge in [-0.2, -0.15) is 114 Å². The molecule has 1 saturated heterocycles. The van der Waals surface area contributed by atoms with E-state index in [4.69, 9.17) is 9.47 Å². The molecule has 1 fully saturated rings. The number of Topliss-reactive ketones (excluding diaryl/α,β-unsaturated/α-hetero) is 1. The molecule has 1 aliphatic heterocycles. The summed E-state index contributed by atoms with van der Waals surface area (Å²) in [4.78, 5) is 23.2. The van der Waals surface area contributed by atoms with E-state index in [1.165, 1.54) is 6.92 Å². The Morgan fingerprint density at radius 1 is 0.556 bits per heavy atom. The van der Waals surface area contributed by atoms with Gasteiger partial charge in [0, 0.05) is 30.2 Å². The molecule has 0 bridgehead atoms. The third-order valence-electron chi connectivity index (χ3n) is 9.39. The number of rotatable bonds is 19. The Morgan fingerprint density at radius 2 is 0.873 bits per heavy atom. The summed E-state index contributed by atoms with van der Waals surface area (Å²) in [5, 5.41) is 9.20. The van der Waals surface area contributed by atoms with Gasteiger partial charge in [0.25, 0.3) is 0 Å². The second-order valence-electron chi connectivity index (χ2n) is 13.8. The predicted molar refractivity (Wildman–Crippen MR) is 154 cm³/mol. The summed E-state index contributed by atoms with van der Waals surface area (Å²) < 4.78 is 366. The van der Waals surface area contributed by atoms with Crippen molar-refractivity contribution in [3.8, 4) is 0 Å². The van der Waals surface area contributed by atoms with Crippen molar-refractivity contribution < 1.29 is 138 Å². The van der Waals surface area contributed by atoms with Crippen LogP contribution in [0.2, 0.25) is 0 Å². The van der Waals surface area contributed by atoms with E-state index in [9.17, 15) is 129 Å². The van der Waals surface area contributed by atoms with Crippen LogP contribution in [0.3, 0.4) is 0 Å². The molecule has 0 aromatic heterocycles. The number of benzene rings is 1. The fourth-order valence-corrected chi connectivity index (χ4v) is 5.33. The van der Waals surface area contributed by atoms with Crippen LogP contribution in [-0.2, 0) is 19.1 Å². The van der Waals surface area contributed by atoms with E-state index in [2.05, 4.69) is 0 Å². The summed E-state index contributed by atoms with van der Waals surface area (Å²) in [7, 11) is 0. The Morgan fingerprint density at radius 3 is 1.16 bits per heavy atom. The molecule has 1 aromatic rings. The summed E-state index contributed by atoms with van der Waals surface area (Å²) in [6, 6.07) is 3.75. The van der Waals surface area contributed by atoms with Crippen molar-refractivity contribution in [1.82, 2.24) is 0 Å². The molecule has 63 heavy (non-hydrogen) atoms. The minimum Gasteiger partial charge on any atom is -0.478 e. The van der Waals surface area contributed by atoms with Crippen molar-refractivity contribution in [3.63, 3.8) is 0 Å². The zero-order valence-electron chi connectivity index (χ0n) is 30.3. The van der Waals surface area contributed by atoms with E-state index in [1.54, 1.807) is 0 Å². The third-order valence-corrected chi connectivity index (χ3v) is 9.39. The van der Waals surface area contributed by atoms with Gasteiger partial charge in [-0.1, -0.05) is 31.2 Å². The predicted octanol–water partition coefficient (Wildman–Crippen LogP) is 12.2. The summed E-state index contributed by atoms with van der Waals surface area (Å²) >= 11 is 0. The lowest BCUT2D eigenvalue weighted by Crippen LogP contribution is -2.70. The summed E-state index contributed by atoms with van der Waals surface area (Å²) in [6.45, 7) is -2.27. The number of carbonyl (C=O) groups excluding carboxylic acids is 1. The first-order valence-corrected chi connectivity index (χ1v) is 16.5. The summed E-state index contributed by atoms with van der Waals surface area (Å²) in [6.07, 6.45) is -28.7. The van der Waals surface area contributed by atoms with Crippen molar-refractivity contribution in [1.29, 1.82) is 0 Å². The highest BCUT2D eigenvalue weighted by atomic mass is 19.4.